The average molecular weight is 204 g/mol. The predicted molar refractivity (Wildman–Crippen MR) is 60.7 cm³/mol. The van der Waals surface area contributed by atoms with Crippen LogP contribution in [-0.2, 0) is 6.42 Å². The number of aromatic nitrogens is 2. The van der Waals surface area contributed by atoms with Gasteiger partial charge in [0.05, 0.1) is 17.1 Å². The molecular formula is C12H16N2O. The Balaban J connectivity index is 2.09. The van der Waals surface area contributed by atoms with E-state index in [0.29, 0.717) is 0 Å². The summed E-state index contributed by atoms with van der Waals surface area (Å²) in [5, 5.41) is 9.45. The van der Waals surface area contributed by atoms with E-state index < -0.39 is 0 Å². The summed E-state index contributed by atoms with van der Waals surface area (Å²) in [6, 6.07) is 7.98. The van der Waals surface area contributed by atoms with E-state index in [2.05, 4.69) is 9.97 Å². The normalized spacial score (nSPS) is 13.2. The van der Waals surface area contributed by atoms with Crippen LogP contribution in [-0.4, -0.2) is 21.2 Å². The smallest absolute Gasteiger partial charge is 0.107 e. The number of aliphatic hydroxyl groups excluding tert-OH is 1. The van der Waals surface area contributed by atoms with Crippen molar-refractivity contribution in [2.45, 2.75) is 32.3 Å². The first-order chi connectivity index (χ1) is 7.29. The molecule has 1 heterocycles. The summed E-state index contributed by atoms with van der Waals surface area (Å²) in [7, 11) is 0. The maximum atomic E-state index is 9.45. The van der Waals surface area contributed by atoms with Crippen LogP contribution in [0.15, 0.2) is 24.3 Å². The molecule has 0 radical (unpaired) electrons. The number of fused-ring (bicyclic) bond motifs is 1. The number of nitrogens with one attached hydrogen (secondary N) is 1. The van der Waals surface area contributed by atoms with Crippen molar-refractivity contribution in [3.05, 3.63) is 30.1 Å². The lowest BCUT2D eigenvalue weighted by Crippen LogP contribution is -2.06. The Morgan fingerprint density at radius 2 is 2.20 bits per heavy atom. The molecule has 3 nitrogen and oxygen atoms in total. The summed E-state index contributed by atoms with van der Waals surface area (Å²) in [5.74, 6) is 0.962. The van der Waals surface area contributed by atoms with Gasteiger partial charge >= 0.3 is 0 Å². The molecule has 0 fully saturated rings. The molecule has 2 rings (SSSR count). The Morgan fingerprint density at radius 3 is 2.93 bits per heavy atom. The Hall–Kier alpha value is -1.35. The molecule has 1 atom stereocenters. The number of hydrogen-bond acceptors (Lipinski definition) is 2. The minimum Gasteiger partial charge on any atom is -0.393 e. The van der Waals surface area contributed by atoms with E-state index >= 15 is 0 Å². The van der Waals surface area contributed by atoms with Crippen molar-refractivity contribution in [1.82, 2.24) is 9.97 Å². The topological polar surface area (TPSA) is 48.9 Å². The number of benzene rings is 1. The van der Waals surface area contributed by atoms with Crippen molar-refractivity contribution >= 4 is 11.0 Å². The molecule has 0 spiro atoms. The third kappa shape index (κ3) is 2.36. The fourth-order valence-electron chi connectivity index (χ4n) is 1.63. The highest BCUT2D eigenvalue weighted by atomic mass is 16.3. The minimum atomic E-state index is -0.210. The van der Waals surface area contributed by atoms with Gasteiger partial charge in [-0.1, -0.05) is 19.1 Å². The summed E-state index contributed by atoms with van der Waals surface area (Å²) >= 11 is 0. The number of H-pyrrole nitrogens is 1. The van der Waals surface area contributed by atoms with Gasteiger partial charge in [0.25, 0.3) is 0 Å². The zero-order chi connectivity index (χ0) is 10.7. The van der Waals surface area contributed by atoms with Crippen LogP contribution in [0.25, 0.3) is 11.0 Å². The van der Waals surface area contributed by atoms with Gasteiger partial charge in [-0.25, -0.2) is 4.98 Å². The minimum absolute atomic E-state index is 0.210. The molecule has 2 aromatic rings. The molecule has 1 aromatic carbocycles. The summed E-state index contributed by atoms with van der Waals surface area (Å²) in [6.45, 7) is 1.99. The molecule has 0 unspecified atom stereocenters. The molecule has 3 heteroatoms. The van der Waals surface area contributed by atoms with Crippen LogP contribution in [0.2, 0.25) is 0 Å². The van der Waals surface area contributed by atoms with E-state index in [-0.39, 0.29) is 6.10 Å². The fourth-order valence-corrected chi connectivity index (χ4v) is 1.63. The number of nitrogens with zero attached hydrogens (tertiary/aromatic N) is 1. The van der Waals surface area contributed by atoms with Gasteiger partial charge in [-0.15, -0.1) is 0 Å². The van der Waals surface area contributed by atoms with Gasteiger partial charge in [-0.05, 0) is 25.0 Å². The lowest BCUT2D eigenvalue weighted by atomic mass is 10.1. The first-order valence-corrected chi connectivity index (χ1v) is 5.41. The largest absolute Gasteiger partial charge is 0.393 e. The van der Waals surface area contributed by atoms with Gasteiger partial charge in [0.1, 0.15) is 5.82 Å². The highest BCUT2D eigenvalue weighted by Crippen LogP contribution is 2.12. The molecule has 0 aliphatic rings. The molecule has 0 aliphatic carbocycles. The lowest BCUT2D eigenvalue weighted by molar-refractivity contribution is 0.160. The molecule has 80 valence electrons. The number of hydrogen-bond donors (Lipinski definition) is 2. The molecule has 0 bridgehead atoms. The zero-order valence-electron chi connectivity index (χ0n) is 8.90. The van der Waals surface area contributed by atoms with Crippen molar-refractivity contribution in [3.63, 3.8) is 0 Å². The number of para-hydroxylation sites is 2. The zero-order valence-corrected chi connectivity index (χ0v) is 8.90. The first kappa shape index (κ1) is 10.2. The SMILES string of the molecule is CC[C@H](O)CCc1nc2ccccc2[nH]1. The Morgan fingerprint density at radius 1 is 1.40 bits per heavy atom. The second-order valence-electron chi connectivity index (χ2n) is 3.80. The number of imidazole rings is 1. The predicted octanol–water partition coefficient (Wildman–Crippen LogP) is 2.27. The van der Waals surface area contributed by atoms with Crippen LogP contribution in [0.3, 0.4) is 0 Å². The molecule has 0 saturated carbocycles. The number of aliphatic hydroxyl groups is 1. The number of aromatic amines is 1. The van der Waals surface area contributed by atoms with Gasteiger partial charge < -0.3 is 10.1 Å². The van der Waals surface area contributed by atoms with E-state index in [1.165, 1.54) is 0 Å². The quantitative estimate of drug-likeness (QED) is 0.802. The van der Waals surface area contributed by atoms with E-state index in [1.807, 2.05) is 31.2 Å². The molecule has 0 aliphatic heterocycles. The highest BCUT2D eigenvalue weighted by molar-refractivity contribution is 5.74. The van der Waals surface area contributed by atoms with E-state index in [4.69, 9.17) is 0 Å². The highest BCUT2D eigenvalue weighted by Gasteiger charge is 2.05. The summed E-state index contributed by atoms with van der Waals surface area (Å²) in [6.07, 6.45) is 2.18. The van der Waals surface area contributed by atoms with Crippen LogP contribution < -0.4 is 0 Å². The molecule has 15 heavy (non-hydrogen) atoms. The monoisotopic (exact) mass is 204 g/mol. The fraction of sp³-hybridized carbons (Fsp3) is 0.417. The van der Waals surface area contributed by atoms with Crippen LogP contribution in [0.1, 0.15) is 25.6 Å². The lowest BCUT2D eigenvalue weighted by Gasteiger charge is -2.04. The summed E-state index contributed by atoms with van der Waals surface area (Å²) in [4.78, 5) is 7.71. The average Bonchev–Trinajstić information content (AvgIpc) is 2.68. The first-order valence-electron chi connectivity index (χ1n) is 5.41. The van der Waals surface area contributed by atoms with Crippen molar-refractivity contribution in [1.29, 1.82) is 0 Å². The van der Waals surface area contributed by atoms with Gasteiger partial charge in [-0.2, -0.15) is 0 Å². The second-order valence-corrected chi connectivity index (χ2v) is 3.80. The van der Waals surface area contributed by atoms with Gasteiger partial charge in [0.15, 0.2) is 0 Å². The number of rotatable bonds is 4. The summed E-state index contributed by atoms with van der Waals surface area (Å²) in [5.41, 5.74) is 2.07. The molecule has 1 aromatic heterocycles. The Bertz CT molecular complexity index is 403. The van der Waals surface area contributed by atoms with Crippen LogP contribution in [0.5, 0.6) is 0 Å². The molecule has 0 amide bonds. The van der Waals surface area contributed by atoms with Crippen LogP contribution in [0, 0.1) is 0 Å². The van der Waals surface area contributed by atoms with Crippen molar-refractivity contribution in [3.8, 4) is 0 Å². The molecule has 0 saturated heterocycles. The summed E-state index contributed by atoms with van der Waals surface area (Å²) < 4.78 is 0. The van der Waals surface area contributed by atoms with E-state index in [9.17, 15) is 5.11 Å². The molecular weight excluding hydrogens is 188 g/mol. The van der Waals surface area contributed by atoms with Crippen molar-refractivity contribution in [2.75, 3.05) is 0 Å². The van der Waals surface area contributed by atoms with Gasteiger partial charge in [0, 0.05) is 6.42 Å². The van der Waals surface area contributed by atoms with Crippen LogP contribution in [0.4, 0.5) is 0 Å². The maximum Gasteiger partial charge on any atom is 0.107 e. The van der Waals surface area contributed by atoms with Gasteiger partial charge in [-0.3, -0.25) is 0 Å². The number of aryl methyl sites for hydroxylation is 1. The maximum absolute atomic E-state index is 9.45. The van der Waals surface area contributed by atoms with Crippen LogP contribution >= 0.6 is 0 Å². The van der Waals surface area contributed by atoms with E-state index in [1.54, 1.807) is 0 Å². The van der Waals surface area contributed by atoms with Crippen molar-refractivity contribution < 1.29 is 5.11 Å². The third-order valence-corrected chi connectivity index (χ3v) is 2.62. The van der Waals surface area contributed by atoms with E-state index in [0.717, 1.165) is 36.1 Å². The second kappa shape index (κ2) is 4.45. The Kier molecular flexibility index (Phi) is 3.02. The third-order valence-electron chi connectivity index (χ3n) is 2.62. The van der Waals surface area contributed by atoms with Crippen molar-refractivity contribution in [2.24, 2.45) is 0 Å². The Labute approximate surface area is 89.2 Å². The molecule has 2 N–H and O–H groups in total. The van der Waals surface area contributed by atoms with Gasteiger partial charge in [0.2, 0.25) is 0 Å². The standard InChI is InChI=1S/C12H16N2O/c1-2-9(15)7-8-12-13-10-5-3-4-6-11(10)14-12/h3-6,9,15H,2,7-8H2,1H3,(H,13,14)/t9-/m0/s1.